The van der Waals surface area contributed by atoms with Crippen LogP contribution in [0.1, 0.15) is 5.56 Å². The van der Waals surface area contributed by atoms with Crippen molar-refractivity contribution in [3.05, 3.63) is 84.6 Å². The van der Waals surface area contributed by atoms with E-state index in [1.54, 1.807) is 36.4 Å². The number of nitrogens with one attached hydrogen (secondary N) is 1. The number of carbonyl (C=O) groups is 1. The normalized spacial score (nSPS) is 11.6. The van der Waals surface area contributed by atoms with E-state index in [9.17, 15) is 21.6 Å². The van der Waals surface area contributed by atoms with Crippen molar-refractivity contribution in [1.82, 2.24) is 4.98 Å². The number of anilines is 2. The third-order valence-corrected chi connectivity index (χ3v) is 8.60. The van der Waals surface area contributed by atoms with Crippen LogP contribution in [0.4, 0.5) is 11.5 Å². The van der Waals surface area contributed by atoms with Crippen molar-refractivity contribution < 1.29 is 31.1 Å². The third kappa shape index (κ3) is 5.34. The third-order valence-electron chi connectivity index (χ3n) is 5.49. The maximum Gasteiger partial charge on any atom is 0.294 e. The largest absolute Gasteiger partial charge is 0.497 e. The maximum absolute atomic E-state index is 13.5. The van der Waals surface area contributed by atoms with Gasteiger partial charge in [-0.25, -0.2) is 26.1 Å². The van der Waals surface area contributed by atoms with E-state index in [2.05, 4.69) is 9.71 Å². The quantitative estimate of drug-likeness (QED) is 0.238. The highest BCUT2D eigenvalue weighted by molar-refractivity contribution is 7.93. The fraction of sp³-hybridized carbons (Fsp3) is 0.120. The van der Waals surface area contributed by atoms with Crippen LogP contribution in [0, 0.1) is 6.92 Å². The lowest BCUT2D eigenvalue weighted by Crippen LogP contribution is -2.34. The highest BCUT2D eigenvalue weighted by atomic mass is 32.2. The summed E-state index contributed by atoms with van der Waals surface area (Å²) in [5, 5.41) is 0.711. The van der Waals surface area contributed by atoms with E-state index in [1.807, 2.05) is 6.92 Å². The van der Waals surface area contributed by atoms with Gasteiger partial charge in [-0.2, -0.15) is 0 Å². The number of sulfonamides is 2. The Morgan fingerprint density at radius 1 is 0.892 bits per heavy atom. The predicted molar refractivity (Wildman–Crippen MR) is 138 cm³/mol. The summed E-state index contributed by atoms with van der Waals surface area (Å²) < 4.78 is 66.4. The van der Waals surface area contributed by atoms with Crippen LogP contribution < -0.4 is 13.8 Å². The summed E-state index contributed by atoms with van der Waals surface area (Å²) in [6, 6.07) is 18.6. The van der Waals surface area contributed by atoms with Crippen molar-refractivity contribution in [1.29, 1.82) is 0 Å². The minimum atomic E-state index is -4.20. The lowest BCUT2D eigenvalue weighted by atomic mass is 10.1. The second kappa shape index (κ2) is 10.4. The van der Waals surface area contributed by atoms with E-state index < -0.39 is 26.8 Å². The molecule has 0 aliphatic carbocycles. The molecule has 0 fully saturated rings. The first-order valence-electron chi connectivity index (χ1n) is 10.9. The monoisotopic (exact) mass is 541 g/mol. The minimum absolute atomic E-state index is 0.00409. The van der Waals surface area contributed by atoms with E-state index in [1.165, 1.54) is 49.7 Å². The SMILES string of the molecule is COc1ccc(S(=O)(=O)Nc2cnc(N(COC=O)S(=O)(=O)c3ccc(C)cc3)c3ccccc23)cc1. The smallest absolute Gasteiger partial charge is 0.294 e. The molecule has 37 heavy (non-hydrogen) atoms. The zero-order valence-corrected chi connectivity index (χ0v) is 21.5. The zero-order chi connectivity index (χ0) is 26.6. The molecule has 0 spiro atoms. The molecule has 1 N–H and O–H groups in total. The number of carbonyl (C=O) groups excluding carboxylic acids is 1. The molecule has 12 heteroatoms. The Labute approximate surface area is 214 Å². The van der Waals surface area contributed by atoms with Gasteiger partial charge in [0.15, 0.2) is 12.5 Å². The molecule has 10 nitrogen and oxygen atoms in total. The molecule has 0 saturated carbocycles. The predicted octanol–water partition coefficient (Wildman–Crippen LogP) is 3.68. The van der Waals surface area contributed by atoms with E-state index in [4.69, 9.17) is 9.47 Å². The van der Waals surface area contributed by atoms with Gasteiger partial charge >= 0.3 is 0 Å². The average Bonchev–Trinajstić information content (AvgIpc) is 2.90. The Kier molecular flexibility index (Phi) is 7.32. The summed E-state index contributed by atoms with van der Waals surface area (Å²) in [6.07, 6.45) is 1.22. The van der Waals surface area contributed by atoms with Gasteiger partial charge in [-0.1, -0.05) is 42.0 Å². The number of fused-ring (bicyclic) bond motifs is 1. The Morgan fingerprint density at radius 2 is 1.51 bits per heavy atom. The molecule has 0 radical (unpaired) electrons. The molecule has 0 aliphatic rings. The standard InChI is InChI=1S/C25H23N3O7S2/c1-18-7-11-21(12-8-18)37(32,33)28(16-35-17-29)25-23-6-4-3-5-22(23)24(15-26-25)27-36(30,31)20-13-9-19(34-2)10-14-20/h3-15,17,27H,16H2,1-2H3. The van der Waals surface area contributed by atoms with Crippen molar-refractivity contribution in [2.45, 2.75) is 16.7 Å². The van der Waals surface area contributed by atoms with Gasteiger partial charge in [0, 0.05) is 10.8 Å². The number of hydrogen-bond acceptors (Lipinski definition) is 8. The van der Waals surface area contributed by atoms with Gasteiger partial charge in [0.05, 0.1) is 28.8 Å². The molecule has 4 rings (SSSR count). The molecule has 192 valence electrons. The highest BCUT2D eigenvalue weighted by Crippen LogP contribution is 2.34. The fourth-order valence-electron chi connectivity index (χ4n) is 3.60. The molecule has 1 aromatic heterocycles. The Hall–Kier alpha value is -4.16. The maximum atomic E-state index is 13.5. The summed E-state index contributed by atoms with van der Waals surface area (Å²) >= 11 is 0. The number of nitrogens with zero attached hydrogens (tertiary/aromatic N) is 2. The second-order valence-corrected chi connectivity index (χ2v) is 11.4. The number of pyridine rings is 1. The van der Waals surface area contributed by atoms with Gasteiger partial charge in [-0.05, 0) is 43.3 Å². The first-order chi connectivity index (χ1) is 17.7. The van der Waals surface area contributed by atoms with E-state index in [0.717, 1.165) is 9.87 Å². The lowest BCUT2D eigenvalue weighted by molar-refractivity contribution is -0.128. The van der Waals surface area contributed by atoms with E-state index >= 15 is 0 Å². The number of ether oxygens (including phenoxy) is 2. The lowest BCUT2D eigenvalue weighted by Gasteiger charge is -2.24. The molecule has 0 unspecified atom stereocenters. The van der Waals surface area contributed by atoms with Crippen LogP contribution >= 0.6 is 0 Å². The minimum Gasteiger partial charge on any atom is -0.497 e. The first kappa shape index (κ1) is 25.9. The van der Waals surface area contributed by atoms with Crippen LogP contribution in [-0.2, 0) is 29.6 Å². The number of benzene rings is 3. The number of rotatable bonds is 10. The molecule has 0 atom stereocenters. The van der Waals surface area contributed by atoms with Crippen LogP contribution in [-0.4, -0.2) is 42.1 Å². The Morgan fingerprint density at radius 3 is 2.14 bits per heavy atom. The van der Waals surface area contributed by atoms with Gasteiger partial charge in [0.25, 0.3) is 26.5 Å². The van der Waals surface area contributed by atoms with Gasteiger partial charge in [-0.15, -0.1) is 0 Å². The number of hydrogen-bond donors (Lipinski definition) is 1. The molecular weight excluding hydrogens is 518 g/mol. The molecule has 3 aromatic carbocycles. The van der Waals surface area contributed by atoms with Crippen molar-refractivity contribution in [2.24, 2.45) is 0 Å². The van der Waals surface area contributed by atoms with Gasteiger partial charge < -0.3 is 9.47 Å². The number of aromatic nitrogens is 1. The van der Waals surface area contributed by atoms with Crippen molar-refractivity contribution in [2.75, 3.05) is 22.9 Å². The van der Waals surface area contributed by atoms with Crippen molar-refractivity contribution in [3.8, 4) is 5.75 Å². The van der Waals surface area contributed by atoms with E-state index in [-0.39, 0.29) is 27.8 Å². The first-order valence-corrected chi connectivity index (χ1v) is 13.8. The molecule has 0 amide bonds. The molecule has 4 aromatic rings. The number of aryl methyl sites for hydroxylation is 1. The van der Waals surface area contributed by atoms with Crippen LogP contribution in [0.3, 0.4) is 0 Å². The average molecular weight is 542 g/mol. The summed E-state index contributed by atoms with van der Waals surface area (Å²) in [5.41, 5.74) is 1.01. The van der Waals surface area contributed by atoms with Gasteiger partial charge in [-0.3, -0.25) is 9.52 Å². The van der Waals surface area contributed by atoms with Crippen LogP contribution in [0.2, 0.25) is 0 Å². The fourth-order valence-corrected chi connectivity index (χ4v) is 5.97. The molecule has 1 heterocycles. The Balaban J connectivity index is 1.80. The molecule has 0 bridgehead atoms. The Bertz CT molecular complexity index is 1640. The summed E-state index contributed by atoms with van der Waals surface area (Å²) in [4.78, 5) is 15.2. The molecule has 0 saturated heterocycles. The van der Waals surface area contributed by atoms with Crippen LogP contribution in [0.25, 0.3) is 10.8 Å². The number of methoxy groups -OCH3 is 1. The summed E-state index contributed by atoms with van der Waals surface area (Å²) in [7, 11) is -6.72. The second-order valence-electron chi connectivity index (χ2n) is 7.88. The highest BCUT2D eigenvalue weighted by Gasteiger charge is 2.29. The zero-order valence-electron chi connectivity index (χ0n) is 19.9. The van der Waals surface area contributed by atoms with Gasteiger partial charge in [0.2, 0.25) is 0 Å². The molecular formula is C25H23N3O7S2. The van der Waals surface area contributed by atoms with E-state index in [0.29, 0.717) is 16.5 Å². The van der Waals surface area contributed by atoms with Gasteiger partial charge in [0.1, 0.15) is 5.75 Å². The topological polar surface area (TPSA) is 132 Å². The summed E-state index contributed by atoms with van der Waals surface area (Å²) in [6.45, 7) is 1.33. The molecule has 0 aliphatic heterocycles. The van der Waals surface area contributed by atoms with Crippen LogP contribution in [0.15, 0.2) is 88.8 Å². The van der Waals surface area contributed by atoms with Crippen molar-refractivity contribution >= 4 is 48.8 Å². The van der Waals surface area contributed by atoms with Crippen molar-refractivity contribution in [3.63, 3.8) is 0 Å². The van der Waals surface area contributed by atoms with Crippen LogP contribution in [0.5, 0.6) is 5.75 Å². The summed E-state index contributed by atoms with van der Waals surface area (Å²) in [5.74, 6) is 0.466.